The van der Waals surface area contributed by atoms with Crippen molar-refractivity contribution in [2.75, 3.05) is 0 Å². The summed E-state index contributed by atoms with van der Waals surface area (Å²) in [6.45, 7) is 9.66. The second-order valence-electron chi connectivity index (χ2n) is 5.31. The largest absolute Gasteiger partial charge is 0.462 e. The van der Waals surface area contributed by atoms with Gasteiger partial charge >= 0.3 is 5.97 Å². The average molecular weight is 210 g/mol. The van der Waals surface area contributed by atoms with Crippen molar-refractivity contribution in [2.45, 2.75) is 39.4 Å². The van der Waals surface area contributed by atoms with Gasteiger partial charge in [-0.2, -0.15) is 0 Å². The highest BCUT2D eigenvalue weighted by atomic mass is 16.5. The van der Waals surface area contributed by atoms with E-state index in [-0.39, 0.29) is 29.3 Å². The van der Waals surface area contributed by atoms with Crippen molar-refractivity contribution >= 4 is 5.97 Å². The zero-order valence-corrected chi connectivity index (χ0v) is 9.49. The summed E-state index contributed by atoms with van der Waals surface area (Å²) in [5, 5.41) is 9.72. The molecule has 4 atom stereocenters. The van der Waals surface area contributed by atoms with E-state index in [1.165, 1.54) is 6.92 Å². The van der Waals surface area contributed by atoms with Gasteiger partial charge in [0, 0.05) is 18.8 Å². The standard InChI is InChI=1S/C12H18O3/c1-6-9(14)5-8-11(15-7(2)13)10(6)12(8,3)4/h8-11,14H,1,5H2,2-4H3. The number of carbonyl (C=O) groups is 1. The topological polar surface area (TPSA) is 46.5 Å². The van der Waals surface area contributed by atoms with Crippen LogP contribution >= 0.6 is 0 Å². The van der Waals surface area contributed by atoms with E-state index >= 15 is 0 Å². The van der Waals surface area contributed by atoms with E-state index in [0.29, 0.717) is 6.42 Å². The van der Waals surface area contributed by atoms with Gasteiger partial charge in [-0.1, -0.05) is 20.4 Å². The molecule has 0 radical (unpaired) electrons. The van der Waals surface area contributed by atoms with Crippen molar-refractivity contribution in [3.63, 3.8) is 0 Å². The molecule has 3 nitrogen and oxygen atoms in total. The number of aliphatic hydroxyl groups is 1. The Balaban J connectivity index is 2.20. The number of esters is 1. The first-order chi connectivity index (χ1) is 6.85. The Morgan fingerprint density at radius 2 is 2.20 bits per heavy atom. The van der Waals surface area contributed by atoms with Crippen molar-refractivity contribution in [3.05, 3.63) is 12.2 Å². The predicted molar refractivity (Wildman–Crippen MR) is 56.1 cm³/mol. The first-order valence-electron chi connectivity index (χ1n) is 5.39. The van der Waals surface area contributed by atoms with Gasteiger partial charge < -0.3 is 9.84 Å². The van der Waals surface area contributed by atoms with Crippen LogP contribution in [0, 0.1) is 17.3 Å². The second-order valence-corrected chi connectivity index (χ2v) is 5.31. The molecule has 3 rings (SSSR count). The number of rotatable bonds is 1. The fourth-order valence-electron chi connectivity index (χ4n) is 3.26. The number of hydrogen-bond acceptors (Lipinski definition) is 3. The van der Waals surface area contributed by atoms with Crippen LogP contribution in [-0.2, 0) is 9.53 Å². The number of ether oxygens (including phenoxy) is 1. The minimum atomic E-state index is -0.417. The molecule has 1 N–H and O–H groups in total. The Kier molecular flexibility index (Phi) is 2.19. The molecular formula is C12H18O3. The molecule has 84 valence electrons. The summed E-state index contributed by atoms with van der Waals surface area (Å²) < 4.78 is 5.30. The summed E-state index contributed by atoms with van der Waals surface area (Å²) in [6.07, 6.45) is 0.188. The summed E-state index contributed by atoms with van der Waals surface area (Å²) >= 11 is 0. The van der Waals surface area contributed by atoms with E-state index in [1.807, 2.05) is 0 Å². The fraction of sp³-hybridized carbons (Fsp3) is 0.750. The van der Waals surface area contributed by atoms with Crippen molar-refractivity contribution in [3.8, 4) is 0 Å². The van der Waals surface area contributed by atoms with E-state index in [4.69, 9.17) is 4.74 Å². The van der Waals surface area contributed by atoms with Gasteiger partial charge in [-0.3, -0.25) is 4.79 Å². The van der Waals surface area contributed by atoms with Gasteiger partial charge in [0.25, 0.3) is 0 Å². The minimum absolute atomic E-state index is 0.0617. The molecule has 15 heavy (non-hydrogen) atoms. The van der Waals surface area contributed by atoms with Crippen LogP contribution in [0.15, 0.2) is 12.2 Å². The minimum Gasteiger partial charge on any atom is -0.462 e. The summed E-state index contributed by atoms with van der Waals surface area (Å²) in [5.41, 5.74) is 0.935. The van der Waals surface area contributed by atoms with Gasteiger partial charge in [-0.25, -0.2) is 0 Å². The predicted octanol–water partition coefficient (Wildman–Crippen LogP) is 1.51. The third-order valence-electron chi connectivity index (χ3n) is 4.09. The van der Waals surface area contributed by atoms with Gasteiger partial charge in [0.1, 0.15) is 6.10 Å². The lowest BCUT2D eigenvalue weighted by atomic mass is 9.45. The number of hydrogen-bond donors (Lipinski definition) is 1. The molecule has 0 amide bonds. The zero-order chi connectivity index (χ0) is 11.4. The first-order valence-corrected chi connectivity index (χ1v) is 5.39. The molecule has 3 saturated carbocycles. The number of aliphatic hydroxyl groups excluding tert-OH is 1. The normalized spacial score (nSPS) is 42.0. The molecule has 0 saturated heterocycles. The maximum Gasteiger partial charge on any atom is 0.302 e. The highest BCUT2D eigenvalue weighted by molar-refractivity contribution is 5.66. The molecule has 0 aliphatic heterocycles. The molecule has 2 bridgehead atoms. The van der Waals surface area contributed by atoms with E-state index < -0.39 is 6.10 Å². The molecule has 0 aromatic heterocycles. The van der Waals surface area contributed by atoms with Crippen LogP contribution in [0.1, 0.15) is 27.2 Å². The van der Waals surface area contributed by atoms with Crippen LogP contribution in [-0.4, -0.2) is 23.3 Å². The third-order valence-corrected chi connectivity index (χ3v) is 4.09. The Labute approximate surface area is 90.1 Å². The smallest absolute Gasteiger partial charge is 0.302 e. The fourth-order valence-corrected chi connectivity index (χ4v) is 3.26. The van der Waals surface area contributed by atoms with Crippen LogP contribution in [0.4, 0.5) is 0 Å². The Bertz CT molecular complexity index is 319. The maximum atomic E-state index is 11.0. The van der Waals surface area contributed by atoms with Crippen LogP contribution in [0.2, 0.25) is 0 Å². The molecule has 3 aliphatic carbocycles. The van der Waals surface area contributed by atoms with Gasteiger partial charge in [-0.15, -0.1) is 0 Å². The lowest BCUT2D eigenvalue weighted by molar-refractivity contribution is -0.207. The van der Waals surface area contributed by atoms with Gasteiger partial charge in [0.15, 0.2) is 0 Å². The first kappa shape index (κ1) is 10.7. The summed E-state index contributed by atoms with van der Waals surface area (Å²) in [5.74, 6) is 0.150. The SMILES string of the molecule is C=C1C(O)CC2C(OC(C)=O)C1C2(C)C. The van der Waals surface area contributed by atoms with Crippen LogP contribution in [0.25, 0.3) is 0 Å². The van der Waals surface area contributed by atoms with Gasteiger partial charge in [-0.05, 0) is 17.4 Å². The van der Waals surface area contributed by atoms with Crippen LogP contribution in [0.5, 0.6) is 0 Å². The van der Waals surface area contributed by atoms with Crippen molar-refractivity contribution < 1.29 is 14.6 Å². The van der Waals surface area contributed by atoms with Crippen LogP contribution in [0.3, 0.4) is 0 Å². The Morgan fingerprint density at radius 3 is 2.67 bits per heavy atom. The van der Waals surface area contributed by atoms with Gasteiger partial charge in [0.05, 0.1) is 6.10 Å². The lowest BCUT2D eigenvalue weighted by Crippen LogP contribution is -2.65. The number of fused-ring (bicyclic) bond motifs is 2. The van der Waals surface area contributed by atoms with E-state index in [0.717, 1.165) is 5.57 Å². The molecule has 3 aliphatic rings. The number of carbonyl (C=O) groups excluding carboxylic acids is 1. The molecule has 3 fully saturated rings. The van der Waals surface area contributed by atoms with E-state index in [1.54, 1.807) is 0 Å². The van der Waals surface area contributed by atoms with E-state index in [2.05, 4.69) is 20.4 Å². The summed E-state index contributed by atoms with van der Waals surface area (Å²) in [7, 11) is 0. The molecule has 0 aromatic rings. The summed E-state index contributed by atoms with van der Waals surface area (Å²) in [4.78, 5) is 11.0. The third kappa shape index (κ3) is 1.33. The van der Waals surface area contributed by atoms with Crippen molar-refractivity contribution in [1.29, 1.82) is 0 Å². The molecule has 0 heterocycles. The highest BCUT2D eigenvalue weighted by Crippen LogP contribution is 2.61. The average Bonchev–Trinajstić information content (AvgIpc) is 2.09. The molecular weight excluding hydrogens is 192 g/mol. The molecule has 0 spiro atoms. The van der Waals surface area contributed by atoms with Crippen molar-refractivity contribution in [1.82, 2.24) is 0 Å². The van der Waals surface area contributed by atoms with E-state index in [9.17, 15) is 9.90 Å². The Morgan fingerprint density at radius 1 is 1.60 bits per heavy atom. The molecule has 0 aromatic carbocycles. The molecule has 4 unspecified atom stereocenters. The zero-order valence-electron chi connectivity index (χ0n) is 9.49. The lowest BCUT2D eigenvalue weighted by Gasteiger charge is -2.62. The van der Waals surface area contributed by atoms with Crippen LogP contribution < -0.4 is 0 Å². The maximum absolute atomic E-state index is 11.0. The van der Waals surface area contributed by atoms with Gasteiger partial charge in [0.2, 0.25) is 0 Å². The van der Waals surface area contributed by atoms with Crippen molar-refractivity contribution in [2.24, 2.45) is 17.3 Å². The monoisotopic (exact) mass is 210 g/mol. The Hall–Kier alpha value is -0.830. The second kappa shape index (κ2) is 3.08. The quantitative estimate of drug-likeness (QED) is 0.527. The summed E-state index contributed by atoms with van der Waals surface area (Å²) in [6, 6.07) is 0. The molecule has 3 heteroatoms. The highest BCUT2D eigenvalue weighted by Gasteiger charge is 2.63.